The van der Waals surface area contributed by atoms with Crippen LogP contribution in [0, 0.1) is 0 Å². The molecule has 3 N–H and O–H groups in total. The molecule has 1 amide bonds. The Morgan fingerprint density at radius 1 is 1.03 bits per heavy atom. The highest BCUT2D eigenvalue weighted by Crippen LogP contribution is 2.29. The van der Waals surface area contributed by atoms with Crippen molar-refractivity contribution in [3.05, 3.63) is 72.4 Å². The maximum absolute atomic E-state index is 12.4. The van der Waals surface area contributed by atoms with Crippen molar-refractivity contribution in [1.29, 1.82) is 0 Å². The van der Waals surface area contributed by atoms with Crippen molar-refractivity contribution in [2.75, 3.05) is 11.1 Å². The molecule has 0 saturated heterocycles. The van der Waals surface area contributed by atoms with E-state index in [2.05, 4.69) is 20.3 Å². The molecule has 0 atom stereocenters. The Bertz CT molecular complexity index is 1170. The van der Waals surface area contributed by atoms with Gasteiger partial charge in [0, 0.05) is 11.8 Å². The molecular weight excluding hydrogens is 388 g/mol. The molecule has 0 aliphatic carbocycles. The second kappa shape index (κ2) is 8.15. The molecule has 2 aromatic carbocycles. The first kappa shape index (κ1) is 18.7. The molecule has 2 heterocycles. The summed E-state index contributed by atoms with van der Waals surface area (Å²) in [5.41, 5.74) is 2.89. The number of benzene rings is 2. The molecule has 4 rings (SSSR count). The number of carbonyl (C=O) groups excluding carboxylic acids is 1. The van der Waals surface area contributed by atoms with E-state index in [4.69, 9.17) is 0 Å². The summed E-state index contributed by atoms with van der Waals surface area (Å²) in [5, 5.41) is 12.5. The Labute approximate surface area is 170 Å². The van der Waals surface area contributed by atoms with E-state index in [1.54, 1.807) is 24.4 Å². The molecule has 0 aliphatic rings. The number of imidazole rings is 1. The van der Waals surface area contributed by atoms with Gasteiger partial charge in [-0.2, -0.15) is 0 Å². The Hall–Kier alpha value is -3.65. The molecule has 0 aliphatic heterocycles. The van der Waals surface area contributed by atoms with Crippen molar-refractivity contribution in [2.24, 2.45) is 0 Å². The molecule has 29 heavy (non-hydrogen) atoms. The van der Waals surface area contributed by atoms with E-state index in [-0.39, 0.29) is 22.9 Å². The summed E-state index contributed by atoms with van der Waals surface area (Å²) in [6.07, 6.45) is 1.66. The number of H-pyrrole nitrogens is 1. The number of aromatic carboxylic acids is 1. The van der Waals surface area contributed by atoms with Gasteiger partial charge >= 0.3 is 5.97 Å². The number of anilines is 1. The molecule has 2 aromatic heterocycles. The van der Waals surface area contributed by atoms with Crippen molar-refractivity contribution in [3.8, 4) is 11.4 Å². The van der Waals surface area contributed by atoms with Crippen LogP contribution in [0.1, 0.15) is 10.4 Å². The number of rotatable bonds is 6. The predicted octanol–water partition coefficient (Wildman–Crippen LogP) is 4.05. The van der Waals surface area contributed by atoms with Crippen LogP contribution in [-0.4, -0.2) is 37.7 Å². The van der Waals surface area contributed by atoms with E-state index >= 15 is 0 Å². The zero-order chi connectivity index (χ0) is 20.2. The number of aromatic amines is 1. The van der Waals surface area contributed by atoms with Gasteiger partial charge in [-0.25, -0.2) is 14.8 Å². The predicted molar refractivity (Wildman–Crippen MR) is 112 cm³/mol. The van der Waals surface area contributed by atoms with Gasteiger partial charge in [0.05, 0.1) is 28.0 Å². The summed E-state index contributed by atoms with van der Waals surface area (Å²) in [5.74, 6) is -0.646. The third-order valence-corrected chi connectivity index (χ3v) is 5.19. The van der Waals surface area contributed by atoms with Crippen LogP contribution in [-0.2, 0) is 4.79 Å². The van der Waals surface area contributed by atoms with Crippen molar-refractivity contribution in [3.63, 3.8) is 0 Å². The largest absolute Gasteiger partial charge is 0.478 e. The lowest BCUT2D eigenvalue weighted by Gasteiger charge is -2.09. The number of nitrogens with zero attached hydrogens (tertiary/aromatic N) is 2. The average Bonchev–Trinajstić information content (AvgIpc) is 3.17. The number of aromatic nitrogens is 3. The smallest absolute Gasteiger partial charge is 0.337 e. The summed E-state index contributed by atoms with van der Waals surface area (Å²) < 4.78 is 0. The molecule has 0 fully saturated rings. The normalized spacial score (nSPS) is 10.8. The summed E-state index contributed by atoms with van der Waals surface area (Å²) in [6.45, 7) is 0. The van der Waals surface area contributed by atoms with Gasteiger partial charge in [0.15, 0.2) is 0 Å². The number of thioether (sulfide) groups is 1. The van der Waals surface area contributed by atoms with Crippen molar-refractivity contribution in [1.82, 2.24) is 15.0 Å². The third-order valence-electron chi connectivity index (χ3n) is 4.19. The number of carboxylic acid groups (broad SMARTS) is 1. The quantitative estimate of drug-likeness (QED) is 0.418. The Morgan fingerprint density at radius 3 is 2.66 bits per heavy atom. The van der Waals surface area contributed by atoms with Gasteiger partial charge in [0.1, 0.15) is 10.9 Å². The number of fused-ring (bicyclic) bond motifs is 1. The fourth-order valence-electron chi connectivity index (χ4n) is 2.87. The monoisotopic (exact) mass is 404 g/mol. The molecule has 8 heteroatoms. The summed E-state index contributed by atoms with van der Waals surface area (Å²) in [4.78, 5) is 35.9. The van der Waals surface area contributed by atoms with Crippen LogP contribution in [0.4, 0.5) is 5.69 Å². The second-order valence-corrected chi connectivity index (χ2v) is 7.11. The number of amides is 1. The van der Waals surface area contributed by atoms with Crippen LogP contribution < -0.4 is 5.32 Å². The van der Waals surface area contributed by atoms with E-state index in [1.165, 1.54) is 17.8 Å². The first-order chi connectivity index (χ1) is 14.1. The number of carbonyl (C=O) groups is 2. The molecule has 0 unspecified atom stereocenters. The molecule has 0 saturated carbocycles. The summed E-state index contributed by atoms with van der Waals surface area (Å²) >= 11 is 1.26. The third kappa shape index (κ3) is 4.12. The van der Waals surface area contributed by atoms with Gasteiger partial charge in [-0.15, -0.1) is 0 Å². The van der Waals surface area contributed by atoms with Gasteiger partial charge in [-0.1, -0.05) is 36.0 Å². The SMILES string of the molecule is O=C(CSc1ncccc1-c1nc2ccccc2[nH]1)Nc1ccccc1C(=O)O. The fourth-order valence-corrected chi connectivity index (χ4v) is 3.66. The number of hydrogen-bond donors (Lipinski definition) is 3. The topological polar surface area (TPSA) is 108 Å². The maximum atomic E-state index is 12.4. The Kier molecular flexibility index (Phi) is 5.26. The highest BCUT2D eigenvalue weighted by Gasteiger charge is 2.15. The van der Waals surface area contributed by atoms with Gasteiger partial charge < -0.3 is 15.4 Å². The molecule has 7 nitrogen and oxygen atoms in total. The second-order valence-electron chi connectivity index (χ2n) is 6.15. The molecule has 144 valence electrons. The van der Waals surface area contributed by atoms with Crippen LogP contribution in [0.2, 0.25) is 0 Å². The van der Waals surface area contributed by atoms with Crippen LogP contribution >= 0.6 is 11.8 Å². The van der Waals surface area contributed by atoms with Crippen molar-refractivity contribution in [2.45, 2.75) is 5.03 Å². The lowest BCUT2D eigenvalue weighted by molar-refractivity contribution is -0.113. The van der Waals surface area contributed by atoms with Gasteiger partial charge in [0.25, 0.3) is 0 Å². The highest BCUT2D eigenvalue weighted by molar-refractivity contribution is 8.00. The zero-order valence-corrected chi connectivity index (χ0v) is 15.9. The highest BCUT2D eigenvalue weighted by atomic mass is 32.2. The standard InChI is InChI=1S/C21H16N4O3S/c26-18(23-15-8-2-1-6-13(15)21(27)28)12-29-20-14(7-5-11-22-20)19-24-16-9-3-4-10-17(16)25-19/h1-11H,12H2,(H,23,26)(H,24,25)(H,27,28). The molecule has 4 aromatic rings. The molecule has 0 spiro atoms. The number of nitrogens with one attached hydrogen (secondary N) is 2. The van der Waals surface area contributed by atoms with Crippen molar-refractivity contribution >= 4 is 40.4 Å². The van der Waals surface area contributed by atoms with Crippen LogP contribution in [0.3, 0.4) is 0 Å². The lowest BCUT2D eigenvalue weighted by atomic mass is 10.2. The lowest BCUT2D eigenvalue weighted by Crippen LogP contribution is -2.16. The number of hydrogen-bond acceptors (Lipinski definition) is 5. The van der Waals surface area contributed by atoms with E-state index in [0.717, 1.165) is 16.6 Å². The number of para-hydroxylation sites is 3. The minimum absolute atomic E-state index is 0.0478. The first-order valence-corrected chi connectivity index (χ1v) is 9.75. The number of carboxylic acids is 1. The summed E-state index contributed by atoms with van der Waals surface area (Å²) in [7, 11) is 0. The van der Waals surface area contributed by atoms with E-state index in [0.29, 0.717) is 10.9 Å². The van der Waals surface area contributed by atoms with E-state index < -0.39 is 5.97 Å². The Morgan fingerprint density at radius 2 is 1.83 bits per heavy atom. The van der Waals surface area contributed by atoms with Crippen LogP contribution in [0.25, 0.3) is 22.4 Å². The van der Waals surface area contributed by atoms with E-state index in [1.807, 2.05) is 36.4 Å². The maximum Gasteiger partial charge on any atom is 0.337 e. The summed E-state index contributed by atoms with van der Waals surface area (Å²) in [6, 6.07) is 17.7. The zero-order valence-electron chi connectivity index (χ0n) is 15.1. The van der Waals surface area contributed by atoms with Gasteiger partial charge in [-0.05, 0) is 36.4 Å². The first-order valence-electron chi connectivity index (χ1n) is 8.77. The Balaban J connectivity index is 1.51. The number of pyridine rings is 1. The van der Waals surface area contributed by atoms with Gasteiger partial charge in [-0.3, -0.25) is 4.79 Å². The minimum atomic E-state index is -1.09. The van der Waals surface area contributed by atoms with Gasteiger partial charge in [0.2, 0.25) is 5.91 Å². The molecule has 0 radical (unpaired) electrons. The fraction of sp³-hybridized carbons (Fsp3) is 0.0476. The minimum Gasteiger partial charge on any atom is -0.478 e. The molecular formula is C21H16N4O3S. The average molecular weight is 404 g/mol. The van der Waals surface area contributed by atoms with Crippen molar-refractivity contribution < 1.29 is 14.7 Å². The van der Waals surface area contributed by atoms with E-state index in [9.17, 15) is 14.7 Å². The van der Waals surface area contributed by atoms with Crippen LogP contribution in [0.5, 0.6) is 0 Å². The molecule has 0 bridgehead atoms. The van der Waals surface area contributed by atoms with Crippen LogP contribution in [0.15, 0.2) is 71.9 Å².